The molecule has 0 radical (unpaired) electrons. The van der Waals surface area contributed by atoms with E-state index in [-0.39, 0.29) is 6.23 Å². The van der Waals surface area contributed by atoms with Gasteiger partial charge in [-0.2, -0.15) is 0 Å². The highest BCUT2D eigenvalue weighted by Crippen LogP contribution is 2.29. The van der Waals surface area contributed by atoms with Gasteiger partial charge in [0, 0.05) is 6.61 Å². The Hall–Kier alpha value is -1.14. The van der Waals surface area contributed by atoms with Crippen molar-refractivity contribution in [1.29, 1.82) is 0 Å². The lowest BCUT2D eigenvalue weighted by molar-refractivity contribution is -0.0298. The molecule has 3 heterocycles. The highest BCUT2D eigenvalue weighted by molar-refractivity contribution is 7.99. The van der Waals surface area contributed by atoms with E-state index in [0.29, 0.717) is 0 Å². The van der Waals surface area contributed by atoms with E-state index in [1.165, 1.54) is 19.3 Å². The molecular formula is C14H20N4OS. The van der Waals surface area contributed by atoms with Crippen LogP contribution in [0.15, 0.2) is 17.7 Å². The van der Waals surface area contributed by atoms with Gasteiger partial charge in [0.05, 0.1) is 6.33 Å². The molecule has 3 rings (SSSR count). The second kappa shape index (κ2) is 6.54. The third-order valence-electron chi connectivity index (χ3n) is 3.53. The monoisotopic (exact) mass is 292 g/mol. The fraction of sp³-hybridized carbons (Fsp3) is 0.643. The van der Waals surface area contributed by atoms with Crippen molar-refractivity contribution in [2.45, 2.75) is 50.3 Å². The maximum Gasteiger partial charge on any atom is 0.166 e. The van der Waals surface area contributed by atoms with Crippen molar-refractivity contribution in [1.82, 2.24) is 19.5 Å². The molecule has 0 N–H and O–H groups in total. The second-order valence-electron chi connectivity index (χ2n) is 5.03. The normalized spacial score (nSPS) is 19.6. The van der Waals surface area contributed by atoms with Crippen LogP contribution < -0.4 is 0 Å². The lowest BCUT2D eigenvalue weighted by Gasteiger charge is -2.23. The van der Waals surface area contributed by atoms with Crippen LogP contribution in [0.2, 0.25) is 0 Å². The largest absolute Gasteiger partial charge is 0.358 e. The minimum atomic E-state index is 0.0807. The molecule has 1 saturated heterocycles. The molecular weight excluding hydrogens is 272 g/mol. The lowest BCUT2D eigenvalue weighted by Crippen LogP contribution is -2.17. The summed E-state index contributed by atoms with van der Waals surface area (Å²) in [6.07, 6.45) is 9.35. The predicted molar refractivity (Wildman–Crippen MR) is 79.8 cm³/mol. The van der Waals surface area contributed by atoms with Gasteiger partial charge in [-0.15, -0.1) is 11.8 Å². The molecule has 1 aliphatic heterocycles. The zero-order valence-corrected chi connectivity index (χ0v) is 12.6. The topological polar surface area (TPSA) is 52.8 Å². The molecule has 0 saturated carbocycles. The molecule has 1 fully saturated rings. The molecule has 6 heteroatoms. The lowest BCUT2D eigenvalue weighted by atomic mass is 10.2. The summed E-state index contributed by atoms with van der Waals surface area (Å²) in [7, 11) is 0. The Morgan fingerprint density at radius 1 is 1.35 bits per heavy atom. The predicted octanol–water partition coefficient (Wildman–Crippen LogP) is 3.42. The van der Waals surface area contributed by atoms with Crippen molar-refractivity contribution in [2.75, 3.05) is 12.4 Å². The van der Waals surface area contributed by atoms with Crippen molar-refractivity contribution in [3.8, 4) is 0 Å². The number of nitrogens with zero attached hydrogens (tertiary/aromatic N) is 4. The van der Waals surface area contributed by atoms with E-state index in [2.05, 4.69) is 26.4 Å². The van der Waals surface area contributed by atoms with Crippen LogP contribution in [0, 0.1) is 0 Å². The van der Waals surface area contributed by atoms with Gasteiger partial charge in [0.15, 0.2) is 5.65 Å². The molecule has 0 bridgehead atoms. The summed E-state index contributed by atoms with van der Waals surface area (Å²) in [5.41, 5.74) is 1.80. The highest BCUT2D eigenvalue weighted by atomic mass is 32.2. The number of imidazole rings is 1. The molecule has 0 amide bonds. The first-order valence-corrected chi connectivity index (χ1v) is 8.30. The van der Waals surface area contributed by atoms with Gasteiger partial charge in [-0.25, -0.2) is 15.0 Å². The van der Waals surface area contributed by atoms with E-state index in [4.69, 9.17) is 4.74 Å². The van der Waals surface area contributed by atoms with Gasteiger partial charge in [-0.05, 0) is 31.4 Å². The van der Waals surface area contributed by atoms with Gasteiger partial charge in [-0.3, -0.25) is 4.57 Å². The first-order valence-electron chi connectivity index (χ1n) is 7.32. The van der Waals surface area contributed by atoms with E-state index >= 15 is 0 Å². The zero-order chi connectivity index (χ0) is 13.8. The van der Waals surface area contributed by atoms with Gasteiger partial charge in [0.25, 0.3) is 0 Å². The van der Waals surface area contributed by atoms with Crippen molar-refractivity contribution >= 4 is 22.9 Å². The maximum absolute atomic E-state index is 5.82. The summed E-state index contributed by atoms with van der Waals surface area (Å²) in [5.74, 6) is 1.08. The van der Waals surface area contributed by atoms with E-state index < -0.39 is 0 Å². The van der Waals surface area contributed by atoms with Crippen molar-refractivity contribution in [2.24, 2.45) is 0 Å². The molecule has 5 nitrogen and oxygen atoms in total. The third-order valence-corrected chi connectivity index (χ3v) is 4.59. The molecule has 108 valence electrons. The Bertz CT molecular complexity index is 565. The Labute approximate surface area is 123 Å². The minimum absolute atomic E-state index is 0.0807. The van der Waals surface area contributed by atoms with Crippen molar-refractivity contribution < 1.29 is 4.74 Å². The molecule has 1 aliphatic rings. The number of fused-ring (bicyclic) bond motifs is 1. The van der Waals surface area contributed by atoms with Crippen LogP contribution in [0.3, 0.4) is 0 Å². The first kappa shape index (κ1) is 13.8. The molecule has 2 aromatic heterocycles. The fourth-order valence-electron chi connectivity index (χ4n) is 2.40. The maximum atomic E-state index is 5.82. The summed E-state index contributed by atoms with van der Waals surface area (Å²) in [5, 5.41) is 0.984. The summed E-state index contributed by atoms with van der Waals surface area (Å²) < 4.78 is 7.88. The molecule has 0 spiro atoms. The standard InChI is InChI=1S/C14H20N4OS/c1-2-3-8-20-14-12-13(15-9-16-14)18(10-17-12)11-6-4-5-7-19-11/h9-11H,2-8H2,1H3. The molecule has 20 heavy (non-hydrogen) atoms. The van der Waals surface area contributed by atoms with Crippen molar-refractivity contribution in [3.05, 3.63) is 12.7 Å². The van der Waals surface area contributed by atoms with E-state index in [1.54, 1.807) is 18.1 Å². The summed E-state index contributed by atoms with van der Waals surface area (Å²) in [4.78, 5) is 13.3. The van der Waals surface area contributed by atoms with Gasteiger partial charge >= 0.3 is 0 Å². The number of hydrogen-bond acceptors (Lipinski definition) is 5. The quantitative estimate of drug-likeness (QED) is 0.480. The minimum Gasteiger partial charge on any atom is -0.358 e. The van der Waals surface area contributed by atoms with Crippen LogP contribution in [0.5, 0.6) is 0 Å². The summed E-state index contributed by atoms with van der Waals surface area (Å²) in [6, 6.07) is 0. The molecule has 2 aromatic rings. The third kappa shape index (κ3) is 2.81. The Balaban J connectivity index is 1.86. The fourth-order valence-corrected chi connectivity index (χ4v) is 3.43. The van der Waals surface area contributed by atoms with Crippen LogP contribution in [-0.4, -0.2) is 31.9 Å². The Kier molecular flexibility index (Phi) is 4.52. The number of unbranched alkanes of at least 4 members (excludes halogenated alkanes) is 1. The summed E-state index contributed by atoms with van der Waals surface area (Å²) in [6.45, 7) is 3.03. The Morgan fingerprint density at radius 3 is 3.10 bits per heavy atom. The van der Waals surface area contributed by atoms with Crippen LogP contribution in [0.25, 0.3) is 11.2 Å². The number of thioether (sulfide) groups is 1. The number of hydrogen-bond donors (Lipinski definition) is 0. The Morgan fingerprint density at radius 2 is 2.30 bits per heavy atom. The second-order valence-corrected chi connectivity index (χ2v) is 6.11. The first-order chi connectivity index (χ1) is 9.90. The molecule has 1 unspecified atom stereocenters. The van der Waals surface area contributed by atoms with Crippen LogP contribution >= 0.6 is 11.8 Å². The van der Waals surface area contributed by atoms with Gasteiger partial charge in [0.2, 0.25) is 0 Å². The smallest absolute Gasteiger partial charge is 0.166 e. The molecule has 1 atom stereocenters. The molecule has 0 aromatic carbocycles. The van der Waals surface area contributed by atoms with E-state index in [9.17, 15) is 0 Å². The van der Waals surface area contributed by atoms with Crippen LogP contribution in [0.4, 0.5) is 0 Å². The van der Waals surface area contributed by atoms with E-state index in [1.807, 2.05) is 6.33 Å². The number of rotatable bonds is 5. The van der Waals surface area contributed by atoms with Crippen molar-refractivity contribution in [3.63, 3.8) is 0 Å². The highest BCUT2D eigenvalue weighted by Gasteiger charge is 2.19. The summed E-state index contributed by atoms with van der Waals surface area (Å²) >= 11 is 1.77. The van der Waals surface area contributed by atoms with Gasteiger partial charge < -0.3 is 4.74 Å². The van der Waals surface area contributed by atoms with Gasteiger partial charge in [-0.1, -0.05) is 13.3 Å². The number of aromatic nitrogens is 4. The average Bonchev–Trinajstić information content (AvgIpc) is 2.93. The van der Waals surface area contributed by atoms with E-state index in [0.717, 1.165) is 41.4 Å². The molecule has 0 aliphatic carbocycles. The SMILES string of the molecule is CCCCSc1ncnc2c1ncn2C1CCCCO1. The van der Waals surface area contributed by atoms with Crippen LogP contribution in [0.1, 0.15) is 45.3 Å². The average molecular weight is 292 g/mol. The van der Waals surface area contributed by atoms with Gasteiger partial charge in [0.1, 0.15) is 23.1 Å². The number of ether oxygens (including phenoxy) is 1. The zero-order valence-electron chi connectivity index (χ0n) is 11.8. The van der Waals surface area contributed by atoms with Crippen LogP contribution in [-0.2, 0) is 4.74 Å².